The van der Waals surface area contributed by atoms with Gasteiger partial charge in [-0.05, 0) is 47.7 Å². The summed E-state index contributed by atoms with van der Waals surface area (Å²) in [5, 5.41) is 12.8. The maximum Gasteiger partial charge on any atom is 0.168 e. The normalized spacial score (nSPS) is 22.1. The summed E-state index contributed by atoms with van der Waals surface area (Å²) in [5.74, 6) is 1.59. The molecule has 7 heteroatoms. The van der Waals surface area contributed by atoms with E-state index in [0.717, 1.165) is 64.4 Å². The second kappa shape index (κ2) is 9.01. The smallest absolute Gasteiger partial charge is 0.168 e. The van der Waals surface area contributed by atoms with Crippen LogP contribution in [0.25, 0.3) is 0 Å². The van der Waals surface area contributed by atoms with Crippen molar-refractivity contribution in [3.05, 3.63) is 36.2 Å². The van der Waals surface area contributed by atoms with E-state index in [0.29, 0.717) is 5.92 Å². The number of nitrogens with zero attached hydrogens (tertiary/aromatic N) is 6. The van der Waals surface area contributed by atoms with E-state index in [1.54, 1.807) is 0 Å². The molecule has 0 radical (unpaired) electrons. The van der Waals surface area contributed by atoms with Gasteiger partial charge in [-0.2, -0.15) is 0 Å². The van der Waals surface area contributed by atoms with Gasteiger partial charge in [-0.3, -0.25) is 4.90 Å². The van der Waals surface area contributed by atoms with E-state index in [-0.39, 0.29) is 12.1 Å². The molecule has 7 nitrogen and oxygen atoms in total. The molecule has 28 heavy (non-hydrogen) atoms. The van der Waals surface area contributed by atoms with Crippen LogP contribution in [-0.2, 0) is 11.3 Å². The second-order valence-corrected chi connectivity index (χ2v) is 8.36. The highest BCUT2D eigenvalue weighted by molar-refractivity contribution is 5.46. The van der Waals surface area contributed by atoms with Crippen molar-refractivity contribution in [2.24, 2.45) is 5.92 Å². The van der Waals surface area contributed by atoms with Crippen LogP contribution in [0.4, 0.5) is 5.69 Å². The first-order valence-corrected chi connectivity index (χ1v) is 10.6. The van der Waals surface area contributed by atoms with E-state index in [2.05, 4.69) is 69.5 Å². The molecule has 0 spiro atoms. The first kappa shape index (κ1) is 19.3. The molecule has 2 aliphatic heterocycles. The van der Waals surface area contributed by atoms with Crippen LogP contribution in [0.15, 0.2) is 30.3 Å². The Morgan fingerprint density at radius 2 is 1.89 bits per heavy atom. The van der Waals surface area contributed by atoms with Gasteiger partial charge in [0.15, 0.2) is 5.82 Å². The molecule has 1 aromatic carbocycles. The van der Waals surface area contributed by atoms with E-state index < -0.39 is 0 Å². The average molecular weight is 385 g/mol. The largest absolute Gasteiger partial charge is 0.376 e. The number of anilines is 1. The molecule has 0 bridgehead atoms. The fourth-order valence-electron chi connectivity index (χ4n) is 4.36. The predicted molar refractivity (Wildman–Crippen MR) is 109 cm³/mol. The molecule has 0 aliphatic carbocycles. The van der Waals surface area contributed by atoms with Crippen LogP contribution in [0.1, 0.15) is 45.0 Å². The minimum Gasteiger partial charge on any atom is -0.376 e. The molecule has 2 fully saturated rings. The van der Waals surface area contributed by atoms with Crippen molar-refractivity contribution in [2.75, 3.05) is 37.7 Å². The molecular formula is C21H32N6O. The molecule has 2 aromatic rings. The van der Waals surface area contributed by atoms with E-state index >= 15 is 0 Å². The van der Waals surface area contributed by atoms with Gasteiger partial charge in [0.1, 0.15) is 0 Å². The minimum atomic E-state index is 0.247. The van der Waals surface area contributed by atoms with Crippen LogP contribution in [-0.4, -0.2) is 64.0 Å². The second-order valence-electron chi connectivity index (χ2n) is 8.36. The lowest BCUT2D eigenvalue weighted by atomic mass is 10.0. The Morgan fingerprint density at radius 3 is 2.57 bits per heavy atom. The molecule has 2 atom stereocenters. The fraction of sp³-hybridized carbons (Fsp3) is 0.667. The van der Waals surface area contributed by atoms with Crippen molar-refractivity contribution < 1.29 is 4.74 Å². The van der Waals surface area contributed by atoms with Crippen molar-refractivity contribution in [3.63, 3.8) is 0 Å². The van der Waals surface area contributed by atoms with Crippen LogP contribution in [0.2, 0.25) is 0 Å². The van der Waals surface area contributed by atoms with Crippen molar-refractivity contribution in [3.8, 4) is 0 Å². The Labute approximate surface area is 167 Å². The van der Waals surface area contributed by atoms with Gasteiger partial charge in [-0.25, -0.2) is 4.68 Å². The molecule has 4 rings (SSSR count). The summed E-state index contributed by atoms with van der Waals surface area (Å²) in [6.07, 6.45) is 3.55. The predicted octanol–water partition coefficient (Wildman–Crippen LogP) is 2.76. The van der Waals surface area contributed by atoms with E-state index in [1.807, 2.05) is 4.68 Å². The van der Waals surface area contributed by atoms with Gasteiger partial charge in [-0.1, -0.05) is 32.0 Å². The van der Waals surface area contributed by atoms with Gasteiger partial charge in [0.25, 0.3) is 0 Å². The van der Waals surface area contributed by atoms with Crippen molar-refractivity contribution >= 4 is 5.69 Å². The quantitative estimate of drug-likeness (QED) is 0.732. The Balaban J connectivity index is 1.46. The van der Waals surface area contributed by atoms with Crippen molar-refractivity contribution in [1.29, 1.82) is 0 Å². The third kappa shape index (κ3) is 4.52. The third-order valence-electron chi connectivity index (χ3n) is 5.83. The highest BCUT2D eigenvalue weighted by atomic mass is 16.5. The molecule has 0 saturated carbocycles. The zero-order chi connectivity index (χ0) is 19.3. The lowest BCUT2D eigenvalue weighted by Gasteiger charge is -2.40. The van der Waals surface area contributed by atoms with Gasteiger partial charge in [0.05, 0.1) is 18.7 Å². The summed E-state index contributed by atoms with van der Waals surface area (Å²) in [5.41, 5.74) is 1.31. The van der Waals surface area contributed by atoms with Crippen LogP contribution in [0.3, 0.4) is 0 Å². The summed E-state index contributed by atoms with van der Waals surface area (Å²) in [7, 11) is 0. The monoisotopic (exact) mass is 384 g/mol. The molecular weight excluding hydrogens is 352 g/mol. The summed E-state index contributed by atoms with van der Waals surface area (Å²) < 4.78 is 7.81. The molecule has 0 N–H and O–H groups in total. The summed E-state index contributed by atoms with van der Waals surface area (Å²) in [4.78, 5) is 5.04. The molecule has 1 aromatic heterocycles. The maximum atomic E-state index is 5.81. The van der Waals surface area contributed by atoms with Gasteiger partial charge in [-0.15, -0.1) is 5.10 Å². The first-order valence-electron chi connectivity index (χ1n) is 10.6. The third-order valence-corrected chi connectivity index (χ3v) is 5.83. The van der Waals surface area contributed by atoms with Gasteiger partial charge >= 0.3 is 0 Å². The van der Waals surface area contributed by atoms with Crippen LogP contribution < -0.4 is 4.90 Å². The summed E-state index contributed by atoms with van der Waals surface area (Å²) >= 11 is 0. The van der Waals surface area contributed by atoms with E-state index in [4.69, 9.17) is 4.74 Å². The van der Waals surface area contributed by atoms with Crippen LogP contribution >= 0.6 is 0 Å². The van der Waals surface area contributed by atoms with Gasteiger partial charge in [0.2, 0.25) is 0 Å². The molecule has 2 aliphatic rings. The zero-order valence-corrected chi connectivity index (χ0v) is 17.1. The van der Waals surface area contributed by atoms with E-state index in [9.17, 15) is 0 Å². The molecule has 152 valence electrons. The molecule has 3 heterocycles. The Bertz CT molecular complexity index is 720. The molecule has 0 amide bonds. The Hall–Kier alpha value is -1.99. The standard InChI is InChI=1S/C21H32N6O/c1-17(2)15-20(21-22-23-24-27(21)16-19-9-6-14-28-19)26-12-10-25(11-13-26)18-7-4-3-5-8-18/h3-5,7-8,17,19-20H,6,9-16H2,1-2H3/t19-,20+/m0/s1. The van der Waals surface area contributed by atoms with Crippen LogP contribution in [0.5, 0.6) is 0 Å². The van der Waals surface area contributed by atoms with E-state index in [1.165, 1.54) is 5.69 Å². The fourth-order valence-corrected chi connectivity index (χ4v) is 4.36. The van der Waals surface area contributed by atoms with Crippen molar-refractivity contribution in [2.45, 2.75) is 51.8 Å². The zero-order valence-electron chi connectivity index (χ0n) is 17.1. The lowest BCUT2D eigenvalue weighted by Crippen LogP contribution is -2.48. The average Bonchev–Trinajstić information content (AvgIpc) is 3.39. The lowest BCUT2D eigenvalue weighted by molar-refractivity contribution is 0.0885. The number of benzene rings is 1. The topological polar surface area (TPSA) is 59.3 Å². The number of piperazine rings is 1. The summed E-state index contributed by atoms with van der Waals surface area (Å²) in [6, 6.07) is 11.0. The highest BCUT2D eigenvalue weighted by Crippen LogP contribution is 2.29. The van der Waals surface area contributed by atoms with Gasteiger partial charge in [0, 0.05) is 38.5 Å². The maximum absolute atomic E-state index is 5.81. The molecule has 0 unspecified atom stereocenters. The number of tetrazole rings is 1. The molecule has 2 saturated heterocycles. The SMILES string of the molecule is CC(C)C[C@H](c1nnnn1C[C@@H]1CCCO1)N1CCN(c2ccccc2)CC1. The number of ether oxygens (including phenoxy) is 1. The number of aromatic nitrogens is 4. The Morgan fingerprint density at radius 1 is 1.11 bits per heavy atom. The Kier molecular flexibility index (Phi) is 6.22. The van der Waals surface area contributed by atoms with Gasteiger partial charge < -0.3 is 9.64 Å². The highest BCUT2D eigenvalue weighted by Gasteiger charge is 2.30. The van der Waals surface area contributed by atoms with Crippen LogP contribution in [0, 0.1) is 5.92 Å². The summed E-state index contributed by atoms with van der Waals surface area (Å²) in [6.45, 7) is 10.3. The minimum absolute atomic E-state index is 0.247. The number of hydrogen-bond acceptors (Lipinski definition) is 6. The first-order chi connectivity index (χ1) is 13.7. The number of para-hydroxylation sites is 1. The number of rotatable bonds is 7. The van der Waals surface area contributed by atoms with Crippen molar-refractivity contribution in [1.82, 2.24) is 25.1 Å². The number of hydrogen-bond donors (Lipinski definition) is 0.